The summed E-state index contributed by atoms with van der Waals surface area (Å²) in [5.41, 5.74) is 4.60. The van der Waals surface area contributed by atoms with Crippen LogP contribution in [-0.2, 0) is 22.6 Å². The van der Waals surface area contributed by atoms with E-state index in [1.54, 1.807) is 17.4 Å². The molecule has 0 aliphatic carbocycles. The largest absolute Gasteiger partial charge is 0.485 e. The summed E-state index contributed by atoms with van der Waals surface area (Å²) in [7, 11) is 1.41. The normalized spacial score (nSPS) is 20.6. The van der Waals surface area contributed by atoms with Gasteiger partial charge in [0, 0.05) is 12.2 Å². The lowest BCUT2D eigenvalue weighted by atomic mass is 9.88. The van der Waals surface area contributed by atoms with Crippen LogP contribution in [-0.4, -0.2) is 64.9 Å². The van der Waals surface area contributed by atoms with Crippen molar-refractivity contribution in [1.29, 1.82) is 0 Å². The summed E-state index contributed by atoms with van der Waals surface area (Å²) in [4.78, 5) is 24.5. The minimum Gasteiger partial charge on any atom is -0.485 e. The molecular formula is C34H34N4O5S. The number of imidazole rings is 1. The van der Waals surface area contributed by atoms with Gasteiger partial charge in [-0.15, -0.1) is 11.3 Å². The van der Waals surface area contributed by atoms with Crippen molar-refractivity contribution in [3.63, 3.8) is 0 Å². The Bertz CT molecular complexity index is 1810. The number of para-hydroxylation sites is 2. The SMILES string of the molecule is COC(=O)c1ccc2nc(CN3CCC(c4cccc5c4OCC(c4nc6ccccc6s4)O5)CC3)n(CC3CCO3)c2c1. The molecule has 2 fully saturated rings. The second-order valence-corrected chi connectivity index (χ2v) is 12.8. The van der Waals surface area contributed by atoms with Crippen LogP contribution in [0.1, 0.15) is 58.0 Å². The minimum atomic E-state index is -0.340. The Balaban J connectivity index is 0.969. The second-order valence-electron chi connectivity index (χ2n) is 11.8. The van der Waals surface area contributed by atoms with Crippen LogP contribution in [0.3, 0.4) is 0 Å². The average Bonchev–Trinajstić information content (AvgIpc) is 3.63. The molecule has 0 N–H and O–H groups in total. The number of hydrogen-bond donors (Lipinski definition) is 0. The van der Waals surface area contributed by atoms with Crippen LogP contribution >= 0.6 is 11.3 Å². The number of fused-ring (bicyclic) bond motifs is 3. The lowest BCUT2D eigenvalue weighted by Gasteiger charge is -2.34. The molecule has 2 aromatic heterocycles. The number of thiazole rings is 1. The van der Waals surface area contributed by atoms with Crippen molar-refractivity contribution in [3.05, 3.63) is 82.6 Å². The summed E-state index contributed by atoms with van der Waals surface area (Å²) >= 11 is 1.67. The summed E-state index contributed by atoms with van der Waals surface area (Å²) < 4.78 is 27.0. The number of hydrogen-bond acceptors (Lipinski definition) is 9. The summed E-state index contributed by atoms with van der Waals surface area (Å²) in [6.45, 7) is 4.66. The smallest absolute Gasteiger partial charge is 0.337 e. The van der Waals surface area contributed by atoms with Crippen molar-refractivity contribution in [2.24, 2.45) is 0 Å². The van der Waals surface area contributed by atoms with E-state index in [0.29, 0.717) is 18.1 Å². The Morgan fingerprint density at radius 3 is 2.68 bits per heavy atom. The molecule has 2 unspecified atom stereocenters. The van der Waals surface area contributed by atoms with E-state index >= 15 is 0 Å². The number of carbonyl (C=O) groups is 1. The third kappa shape index (κ3) is 5.10. The maximum absolute atomic E-state index is 12.2. The maximum atomic E-state index is 12.2. The predicted molar refractivity (Wildman–Crippen MR) is 168 cm³/mol. The van der Waals surface area contributed by atoms with Gasteiger partial charge in [-0.2, -0.15) is 0 Å². The molecule has 0 radical (unpaired) electrons. The first-order valence-corrected chi connectivity index (χ1v) is 16.1. The van der Waals surface area contributed by atoms with Crippen molar-refractivity contribution in [2.75, 3.05) is 33.4 Å². The molecule has 0 bridgehead atoms. The number of benzene rings is 3. The first kappa shape index (κ1) is 27.6. The fourth-order valence-corrected chi connectivity index (χ4v) is 7.56. The first-order valence-electron chi connectivity index (χ1n) is 15.3. The molecule has 2 saturated heterocycles. The molecule has 3 aliphatic heterocycles. The number of rotatable bonds is 7. The molecule has 5 heterocycles. The first-order chi connectivity index (χ1) is 21.6. The van der Waals surface area contributed by atoms with Crippen LogP contribution in [0.15, 0.2) is 60.7 Å². The highest BCUT2D eigenvalue weighted by atomic mass is 32.1. The highest BCUT2D eigenvalue weighted by Gasteiger charge is 2.31. The van der Waals surface area contributed by atoms with E-state index in [4.69, 9.17) is 28.9 Å². The van der Waals surface area contributed by atoms with Crippen LogP contribution in [0.25, 0.3) is 21.3 Å². The number of piperidine rings is 1. The molecular weight excluding hydrogens is 576 g/mol. The zero-order chi connectivity index (χ0) is 29.6. The quantitative estimate of drug-likeness (QED) is 0.204. The van der Waals surface area contributed by atoms with Gasteiger partial charge in [0.25, 0.3) is 0 Å². The van der Waals surface area contributed by atoms with Crippen LogP contribution in [0, 0.1) is 0 Å². The molecule has 0 amide bonds. The number of ether oxygens (including phenoxy) is 4. The molecule has 8 rings (SSSR count). The second kappa shape index (κ2) is 11.5. The van der Waals surface area contributed by atoms with E-state index in [2.05, 4.69) is 27.7 Å². The van der Waals surface area contributed by atoms with E-state index in [1.165, 1.54) is 12.7 Å². The van der Waals surface area contributed by atoms with E-state index < -0.39 is 0 Å². The van der Waals surface area contributed by atoms with E-state index in [0.717, 1.165) is 95.6 Å². The third-order valence-corrected chi connectivity index (χ3v) is 10.2. The van der Waals surface area contributed by atoms with Gasteiger partial charge in [-0.25, -0.2) is 14.8 Å². The Morgan fingerprint density at radius 2 is 1.89 bits per heavy atom. The summed E-state index contributed by atoms with van der Waals surface area (Å²) in [6.07, 6.45) is 3.07. The number of esters is 1. The molecule has 9 nitrogen and oxygen atoms in total. The molecule has 0 saturated carbocycles. The van der Waals surface area contributed by atoms with Crippen molar-refractivity contribution in [2.45, 2.75) is 50.5 Å². The number of aromatic nitrogens is 3. The number of carbonyl (C=O) groups excluding carboxylic acids is 1. The van der Waals surface area contributed by atoms with Gasteiger partial charge in [-0.3, -0.25) is 4.90 Å². The van der Waals surface area contributed by atoms with Crippen molar-refractivity contribution < 1.29 is 23.7 Å². The third-order valence-electron chi connectivity index (χ3n) is 9.06. The minimum absolute atomic E-state index is 0.180. The topological polar surface area (TPSA) is 87.9 Å². The van der Waals surface area contributed by atoms with Gasteiger partial charge in [-0.05, 0) is 74.7 Å². The van der Waals surface area contributed by atoms with Gasteiger partial charge in [0.2, 0.25) is 0 Å². The maximum Gasteiger partial charge on any atom is 0.337 e. The summed E-state index contributed by atoms with van der Waals surface area (Å²) in [6, 6.07) is 20.1. The number of methoxy groups -OCH3 is 1. The standard InChI is InChI=1S/C34H34N4O5S/c1-40-34(39)22-9-10-25-27(17-22)38(18-23-13-16-41-23)31(35-25)19-37-14-11-21(12-15-37)24-5-4-7-28-32(24)42-20-29(43-28)33-36-26-6-2-3-8-30(26)44-33/h2-10,17,21,23,29H,11-16,18-20H2,1H3. The Kier molecular flexibility index (Phi) is 7.20. The highest BCUT2D eigenvalue weighted by Crippen LogP contribution is 2.45. The van der Waals surface area contributed by atoms with Gasteiger partial charge < -0.3 is 23.5 Å². The van der Waals surface area contributed by atoms with Crippen molar-refractivity contribution in [1.82, 2.24) is 19.4 Å². The number of likely N-dealkylation sites (tertiary alicyclic amines) is 1. The number of nitrogens with zero attached hydrogens (tertiary/aromatic N) is 4. The van der Waals surface area contributed by atoms with Gasteiger partial charge in [0.05, 0.1) is 53.1 Å². The van der Waals surface area contributed by atoms with Crippen LogP contribution in [0.2, 0.25) is 0 Å². The molecule has 3 aliphatic rings. The lowest BCUT2D eigenvalue weighted by molar-refractivity contribution is -0.0592. The Labute approximate surface area is 259 Å². The summed E-state index contributed by atoms with van der Waals surface area (Å²) in [5.74, 6) is 2.75. The molecule has 226 valence electrons. The lowest BCUT2D eigenvalue weighted by Crippen LogP contribution is -2.35. The van der Waals surface area contributed by atoms with E-state index in [9.17, 15) is 4.79 Å². The van der Waals surface area contributed by atoms with Gasteiger partial charge in [0.1, 0.15) is 17.4 Å². The predicted octanol–water partition coefficient (Wildman–Crippen LogP) is 6.11. The monoisotopic (exact) mass is 610 g/mol. The Morgan fingerprint density at radius 1 is 1.02 bits per heavy atom. The molecule has 2 atom stereocenters. The average molecular weight is 611 g/mol. The Hall–Kier alpha value is -3.99. The van der Waals surface area contributed by atoms with Crippen LogP contribution < -0.4 is 9.47 Å². The fraction of sp³-hybridized carbons (Fsp3) is 0.382. The molecule has 44 heavy (non-hydrogen) atoms. The fourth-order valence-electron chi connectivity index (χ4n) is 6.57. The zero-order valence-electron chi connectivity index (χ0n) is 24.6. The van der Waals surface area contributed by atoms with Crippen LogP contribution in [0.4, 0.5) is 0 Å². The van der Waals surface area contributed by atoms with Gasteiger partial charge in [-0.1, -0.05) is 24.3 Å². The van der Waals surface area contributed by atoms with E-state index in [-0.39, 0.29) is 18.2 Å². The molecule has 0 spiro atoms. The van der Waals surface area contributed by atoms with Crippen LogP contribution in [0.5, 0.6) is 11.5 Å². The van der Waals surface area contributed by atoms with Gasteiger partial charge in [0.15, 0.2) is 17.6 Å². The zero-order valence-corrected chi connectivity index (χ0v) is 25.4. The molecule has 5 aromatic rings. The molecule has 10 heteroatoms. The van der Waals surface area contributed by atoms with Crippen molar-refractivity contribution >= 4 is 38.6 Å². The van der Waals surface area contributed by atoms with Crippen molar-refractivity contribution in [3.8, 4) is 11.5 Å². The summed E-state index contributed by atoms with van der Waals surface area (Å²) in [5, 5.41) is 0.951. The van der Waals surface area contributed by atoms with Gasteiger partial charge >= 0.3 is 5.97 Å². The van der Waals surface area contributed by atoms with E-state index in [1.807, 2.05) is 36.4 Å². The molecule has 3 aromatic carbocycles. The highest BCUT2D eigenvalue weighted by molar-refractivity contribution is 7.18.